The van der Waals surface area contributed by atoms with Crippen LogP contribution < -0.4 is 15.8 Å². The molecule has 1 amide bonds. The third-order valence-electron chi connectivity index (χ3n) is 2.73. The summed E-state index contributed by atoms with van der Waals surface area (Å²) >= 11 is 0. The van der Waals surface area contributed by atoms with E-state index >= 15 is 0 Å². The van der Waals surface area contributed by atoms with Crippen molar-refractivity contribution in [2.24, 2.45) is 0 Å². The van der Waals surface area contributed by atoms with E-state index in [1.807, 2.05) is 32.9 Å². The summed E-state index contributed by atoms with van der Waals surface area (Å²) in [5, 5.41) is 10.5. The fourth-order valence-electron chi connectivity index (χ4n) is 1.82. The van der Waals surface area contributed by atoms with Crippen molar-refractivity contribution in [3.05, 3.63) is 30.0 Å². The topological polar surface area (TPSA) is 95.1 Å². The lowest BCUT2D eigenvalue weighted by molar-refractivity contribution is 0.0939. The molecular formula is C14H19N5O2. The van der Waals surface area contributed by atoms with Crippen molar-refractivity contribution in [1.82, 2.24) is 20.3 Å². The van der Waals surface area contributed by atoms with Crippen LogP contribution in [0.5, 0.6) is 5.75 Å². The molecular weight excluding hydrogens is 270 g/mol. The number of nitrogen functional groups attached to an aromatic ring is 1. The standard InChI is InChI=1S/C14H19N5O2/c1-4-21-11-7-5-10(6-8-11)19-13(15)12(17-18-19)14(20)16-9(2)3/h5-9H,4,15H2,1-3H3,(H,16,20). The minimum atomic E-state index is -0.334. The van der Waals surface area contributed by atoms with Crippen LogP contribution >= 0.6 is 0 Å². The van der Waals surface area contributed by atoms with Crippen molar-refractivity contribution in [2.75, 3.05) is 12.3 Å². The molecule has 1 aromatic carbocycles. The molecule has 0 spiro atoms. The number of hydrogen-bond donors (Lipinski definition) is 2. The van der Waals surface area contributed by atoms with E-state index in [2.05, 4.69) is 15.6 Å². The number of ether oxygens (including phenoxy) is 1. The third kappa shape index (κ3) is 3.31. The summed E-state index contributed by atoms with van der Waals surface area (Å²) in [5.74, 6) is 0.634. The number of nitrogens with zero attached hydrogens (tertiary/aromatic N) is 3. The Morgan fingerprint density at radius 3 is 2.62 bits per heavy atom. The Kier molecular flexibility index (Phi) is 4.42. The molecule has 0 bridgehead atoms. The molecule has 7 nitrogen and oxygen atoms in total. The summed E-state index contributed by atoms with van der Waals surface area (Å²) < 4.78 is 6.80. The van der Waals surface area contributed by atoms with E-state index < -0.39 is 0 Å². The molecule has 0 saturated carbocycles. The van der Waals surface area contributed by atoms with Crippen molar-refractivity contribution in [3.63, 3.8) is 0 Å². The first-order valence-electron chi connectivity index (χ1n) is 6.78. The van der Waals surface area contributed by atoms with E-state index in [1.165, 1.54) is 4.68 Å². The third-order valence-corrected chi connectivity index (χ3v) is 2.73. The number of anilines is 1. The van der Waals surface area contributed by atoms with Gasteiger partial charge in [-0.05, 0) is 45.0 Å². The fraction of sp³-hybridized carbons (Fsp3) is 0.357. The van der Waals surface area contributed by atoms with E-state index in [4.69, 9.17) is 10.5 Å². The number of amides is 1. The van der Waals surface area contributed by atoms with Crippen LogP contribution in [0.4, 0.5) is 5.82 Å². The number of carbonyl (C=O) groups excluding carboxylic acids is 1. The quantitative estimate of drug-likeness (QED) is 0.867. The summed E-state index contributed by atoms with van der Waals surface area (Å²) in [6.07, 6.45) is 0. The van der Waals surface area contributed by atoms with Gasteiger partial charge >= 0.3 is 0 Å². The Bertz CT molecular complexity index is 619. The van der Waals surface area contributed by atoms with Gasteiger partial charge in [0, 0.05) is 6.04 Å². The number of carbonyl (C=O) groups is 1. The second-order valence-corrected chi connectivity index (χ2v) is 4.79. The molecule has 2 aromatic rings. The lowest BCUT2D eigenvalue weighted by Gasteiger charge is -2.07. The normalized spacial score (nSPS) is 10.7. The predicted molar refractivity (Wildman–Crippen MR) is 79.5 cm³/mol. The molecule has 1 aromatic heterocycles. The van der Waals surface area contributed by atoms with E-state index in [0.29, 0.717) is 12.3 Å². The van der Waals surface area contributed by atoms with Crippen molar-refractivity contribution in [3.8, 4) is 11.4 Å². The molecule has 0 radical (unpaired) electrons. The largest absolute Gasteiger partial charge is 0.494 e. The van der Waals surface area contributed by atoms with Crippen molar-refractivity contribution in [1.29, 1.82) is 0 Å². The van der Waals surface area contributed by atoms with Gasteiger partial charge < -0.3 is 15.8 Å². The summed E-state index contributed by atoms with van der Waals surface area (Å²) in [5.41, 5.74) is 6.79. The molecule has 7 heteroatoms. The molecule has 2 rings (SSSR count). The van der Waals surface area contributed by atoms with E-state index in [-0.39, 0.29) is 23.5 Å². The second-order valence-electron chi connectivity index (χ2n) is 4.79. The smallest absolute Gasteiger partial charge is 0.275 e. The van der Waals surface area contributed by atoms with E-state index in [9.17, 15) is 4.79 Å². The van der Waals surface area contributed by atoms with Gasteiger partial charge in [0.2, 0.25) is 0 Å². The Hall–Kier alpha value is -2.57. The van der Waals surface area contributed by atoms with Crippen molar-refractivity contribution in [2.45, 2.75) is 26.8 Å². The van der Waals surface area contributed by atoms with Gasteiger partial charge in [-0.15, -0.1) is 5.10 Å². The molecule has 0 aliphatic heterocycles. The van der Waals surface area contributed by atoms with Gasteiger partial charge in [-0.25, -0.2) is 0 Å². The highest BCUT2D eigenvalue weighted by Gasteiger charge is 2.18. The lowest BCUT2D eigenvalue weighted by Crippen LogP contribution is -2.31. The number of hydrogen-bond acceptors (Lipinski definition) is 5. The molecule has 21 heavy (non-hydrogen) atoms. The maximum absolute atomic E-state index is 11.9. The van der Waals surface area contributed by atoms with E-state index in [0.717, 1.165) is 5.75 Å². The molecule has 0 aliphatic rings. The first-order chi connectivity index (χ1) is 10.0. The average Bonchev–Trinajstić information content (AvgIpc) is 2.81. The Morgan fingerprint density at radius 2 is 2.05 bits per heavy atom. The Morgan fingerprint density at radius 1 is 1.38 bits per heavy atom. The van der Waals surface area contributed by atoms with Gasteiger partial charge in [-0.2, -0.15) is 4.68 Å². The van der Waals surface area contributed by atoms with Crippen LogP contribution in [0.2, 0.25) is 0 Å². The highest BCUT2D eigenvalue weighted by molar-refractivity contribution is 5.96. The molecule has 3 N–H and O–H groups in total. The Balaban J connectivity index is 2.25. The molecule has 0 unspecified atom stereocenters. The molecule has 0 fully saturated rings. The molecule has 0 aliphatic carbocycles. The number of nitrogens with one attached hydrogen (secondary N) is 1. The summed E-state index contributed by atoms with van der Waals surface area (Å²) in [7, 11) is 0. The van der Waals surface area contributed by atoms with Gasteiger partial charge in [-0.1, -0.05) is 5.21 Å². The zero-order valence-corrected chi connectivity index (χ0v) is 12.3. The number of nitrogens with two attached hydrogens (primary N) is 1. The first-order valence-corrected chi connectivity index (χ1v) is 6.78. The zero-order valence-electron chi connectivity index (χ0n) is 12.3. The van der Waals surface area contributed by atoms with Crippen LogP contribution in [0.15, 0.2) is 24.3 Å². The molecule has 0 saturated heterocycles. The average molecular weight is 289 g/mol. The number of rotatable bonds is 5. The highest BCUT2D eigenvalue weighted by atomic mass is 16.5. The van der Waals surface area contributed by atoms with Crippen molar-refractivity contribution < 1.29 is 9.53 Å². The van der Waals surface area contributed by atoms with Gasteiger partial charge in [0.1, 0.15) is 5.75 Å². The minimum Gasteiger partial charge on any atom is -0.494 e. The van der Waals surface area contributed by atoms with Crippen molar-refractivity contribution >= 4 is 11.7 Å². The van der Waals surface area contributed by atoms with Gasteiger partial charge in [0.05, 0.1) is 12.3 Å². The van der Waals surface area contributed by atoms with Crippen LogP contribution in [0.3, 0.4) is 0 Å². The number of benzene rings is 1. The van der Waals surface area contributed by atoms with Gasteiger partial charge in [0.25, 0.3) is 5.91 Å². The van der Waals surface area contributed by atoms with Gasteiger partial charge in [-0.3, -0.25) is 4.79 Å². The SMILES string of the molecule is CCOc1ccc(-n2nnc(C(=O)NC(C)C)c2N)cc1. The van der Waals surface area contributed by atoms with Crippen LogP contribution in [0.25, 0.3) is 5.69 Å². The first kappa shape index (κ1) is 14.8. The fourth-order valence-corrected chi connectivity index (χ4v) is 1.82. The van der Waals surface area contributed by atoms with Crippen LogP contribution in [-0.2, 0) is 0 Å². The summed E-state index contributed by atoms with van der Waals surface area (Å²) in [4.78, 5) is 11.9. The van der Waals surface area contributed by atoms with Crippen LogP contribution in [0, 0.1) is 0 Å². The zero-order chi connectivity index (χ0) is 15.4. The molecule has 112 valence electrons. The molecule has 0 atom stereocenters. The monoisotopic (exact) mass is 289 g/mol. The predicted octanol–water partition coefficient (Wildman–Crippen LogP) is 1.39. The van der Waals surface area contributed by atoms with Crippen LogP contribution in [0.1, 0.15) is 31.3 Å². The molecule has 1 heterocycles. The Labute approximate surface area is 123 Å². The minimum absolute atomic E-state index is 0.00697. The number of aromatic nitrogens is 3. The van der Waals surface area contributed by atoms with Gasteiger partial charge in [0.15, 0.2) is 11.5 Å². The summed E-state index contributed by atoms with van der Waals surface area (Å²) in [6, 6.07) is 7.25. The van der Waals surface area contributed by atoms with Crippen LogP contribution in [-0.4, -0.2) is 33.5 Å². The van der Waals surface area contributed by atoms with E-state index in [1.54, 1.807) is 12.1 Å². The maximum atomic E-state index is 11.9. The lowest BCUT2D eigenvalue weighted by atomic mass is 10.3. The maximum Gasteiger partial charge on any atom is 0.275 e. The highest BCUT2D eigenvalue weighted by Crippen LogP contribution is 2.18. The summed E-state index contributed by atoms with van der Waals surface area (Å²) in [6.45, 7) is 6.25. The second kappa shape index (κ2) is 6.25.